The number of nitrogens with one attached hydrogen (secondary N) is 1. The van der Waals surface area contributed by atoms with Crippen LogP contribution in [-0.4, -0.2) is 49.6 Å². The van der Waals surface area contributed by atoms with Crippen LogP contribution in [0, 0.1) is 5.82 Å². The zero-order valence-corrected chi connectivity index (χ0v) is 20.1. The van der Waals surface area contributed by atoms with E-state index in [0.717, 1.165) is 28.9 Å². The summed E-state index contributed by atoms with van der Waals surface area (Å²) < 4.78 is 25.4. The standard InChI is InChI=1S/C25H26FN3O4S/c1-4-29-13-18(24-16-6-5-7-17(26)25(16)34-22(24)14-29)27-28-23(31)11-9-19(30)15-8-10-20(32-2)21(12-15)33-3/h5-8,10,12H,4,9,11,13-14H2,1-3H3,(H,28,31)/b27-18+. The third kappa shape index (κ3) is 4.80. The highest BCUT2D eigenvalue weighted by atomic mass is 32.1. The van der Waals surface area contributed by atoms with Gasteiger partial charge in [0.2, 0.25) is 5.91 Å². The maximum absolute atomic E-state index is 14.3. The van der Waals surface area contributed by atoms with Gasteiger partial charge in [-0.3, -0.25) is 14.5 Å². The molecule has 1 aromatic heterocycles. The van der Waals surface area contributed by atoms with Crippen LogP contribution in [-0.2, 0) is 11.3 Å². The van der Waals surface area contributed by atoms with Crippen LogP contribution in [0.2, 0.25) is 0 Å². The number of ketones is 1. The molecule has 0 spiro atoms. The van der Waals surface area contributed by atoms with E-state index < -0.39 is 0 Å². The molecular weight excluding hydrogens is 457 g/mol. The smallest absolute Gasteiger partial charge is 0.240 e. The van der Waals surface area contributed by atoms with Crippen molar-refractivity contribution in [3.05, 3.63) is 58.2 Å². The van der Waals surface area contributed by atoms with Gasteiger partial charge in [0, 0.05) is 47.3 Å². The number of Topliss-reactive ketones (excluding diaryl/α,β-unsaturated/α-hetero) is 1. The number of hydrogen-bond donors (Lipinski definition) is 1. The Morgan fingerprint density at radius 3 is 2.65 bits per heavy atom. The summed E-state index contributed by atoms with van der Waals surface area (Å²) in [7, 11) is 3.02. The monoisotopic (exact) mass is 483 g/mol. The second-order valence-corrected chi connectivity index (χ2v) is 9.01. The van der Waals surface area contributed by atoms with E-state index in [1.165, 1.54) is 31.6 Å². The number of rotatable bonds is 8. The molecule has 0 saturated carbocycles. The van der Waals surface area contributed by atoms with Crippen LogP contribution in [0.25, 0.3) is 10.1 Å². The van der Waals surface area contributed by atoms with Crippen LogP contribution in [0.1, 0.15) is 40.6 Å². The van der Waals surface area contributed by atoms with E-state index in [2.05, 4.69) is 22.4 Å². The molecule has 0 aliphatic carbocycles. The second-order valence-electron chi connectivity index (χ2n) is 7.91. The number of hydrogen-bond acceptors (Lipinski definition) is 7. The molecule has 1 aliphatic rings. The Hall–Kier alpha value is -3.30. The quantitative estimate of drug-likeness (QED) is 0.380. The maximum Gasteiger partial charge on any atom is 0.240 e. The minimum atomic E-state index is -0.359. The van der Waals surface area contributed by atoms with Gasteiger partial charge < -0.3 is 9.47 Å². The molecular formula is C25H26FN3O4S. The molecule has 1 N–H and O–H groups in total. The molecule has 178 valence electrons. The van der Waals surface area contributed by atoms with Crippen molar-refractivity contribution in [2.75, 3.05) is 27.3 Å². The Kier molecular flexibility index (Phi) is 7.23. The fourth-order valence-electron chi connectivity index (χ4n) is 3.99. The lowest BCUT2D eigenvalue weighted by atomic mass is 10.0. The van der Waals surface area contributed by atoms with Crippen molar-refractivity contribution < 1.29 is 23.5 Å². The Bertz CT molecular complexity index is 1270. The SMILES string of the molecule is CCN1C/C(=N\NC(=O)CCC(=O)c2ccc(OC)c(OC)c2)c2c(sc3c(F)cccc23)C1. The van der Waals surface area contributed by atoms with Crippen molar-refractivity contribution in [2.24, 2.45) is 5.10 Å². The van der Waals surface area contributed by atoms with Crippen molar-refractivity contribution in [1.29, 1.82) is 0 Å². The normalized spacial score (nSPS) is 14.8. The molecule has 3 aromatic rings. The minimum absolute atomic E-state index is 0.00663. The first-order valence-electron chi connectivity index (χ1n) is 11.0. The van der Waals surface area contributed by atoms with E-state index >= 15 is 0 Å². The van der Waals surface area contributed by atoms with Crippen LogP contribution in [0.15, 0.2) is 41.5 Å². The second kappa shape index (κ2) is 10.3. The van der Waals surface area contributed by atoms with Crippen molar-refractivity contribution in [3.63, 3.8) is 0 Å². The fourth-order valence-corrected chi connectivity index (χ4v) is 5.26. The van der Waals surface area contributed by atoms with Crippen LogP contribution in [0.3, 0.4) is 0 Å². The summed E-state index contributed by atoms with van der Waals surface area (Å²) in [5, 5.41) is 5.20. The van der Waals surface area contributed by atoms with Gasteiger partial charge in [-0.2, -0.15) is 5.10 Å². The molecule has 34 heavy (non-hydrogen) atoms. The summed E-state index contributed by atoms with van der Waals surface area (Å²) in [6, 6.07) is 9.93. The lowest BCUT2D eigenvalue weighted by Gasteiger charge is -2.26. The Labute approximate surface area is 201 Å². The van der Waals surface area contributed by atoms with Crippen LogP contribution >= 0.6 is 11.3 Å². The molecule has 7 nitrogen and oxygen atoms in total. The topological polar surface area (TPSA) is 80.2 Å². The first-order valence-corrected chi connectivity index (χ1v) is 11.8. The number of benzene rings is 2. The lowest BCUT2D eigenvalue weighted by Crippen LogP contribution is -2.36. The molecule has 0 unspecified atom stereocenters. The third-order valence-electron chi connectivity index (χ3n) is 5.82. The average Bonchev–Trinajstić information content (AvgIpc) is 3.25. The predicted octanol–water partition coefficient (Wildman–Crippen LogP) is 4.38. The summed E-state index contributed by atoms with van der Waals surface area (Å²) in [5.74, 6) is 0.193. The fraction of sp³-hybridized carbons (Fsp3) is 0.320. The lowest BCUT2D eigenvalue weighted by molar-refractivity contribution is -0.121. The third-order valence-corrected chi connectivity index (χ3v) is 7.02. The number of nitrogens with zero attached hydrogens (tertiary/aromatic N) is 2. The highest BCUT2D eigenvalue weighted by Crippen LogP contribution is 2.36. The molecule has 0 fully saturated rings. The summed E-state index contributed by atoms with van der Waals surface area (Å²) in [6.07, 6.45) is 0.0262. The summed E-state index contributed by atoms with van der Waals surface area (Å²) in [5.41, 5.74) is 4.62. The van der Waals surface area contributed by atoms with Gasteiger partial charge in [-0.1, -0.05) is 19.1 Å². The van der Waals surface area contributed by atoms with Gasteiger partial charge in [-0.15, -0.1) is 11.3 Å². The first kappa shape index (κ1) is 23.8. The van der Waals surface area contributed by atoms with E-state index in [1.807, 2.05) is 6.07 Å². The number of amides is 1. The van der Waals surface area contributed by atoms with Gasteiger partial charge in [0.25, 0.3) is 0 Å². The number of fused-ring (bicyclic) bond motifs is 3. The van der Waals surface area contributed by atoms with Crippen molar-refractivity contribution in [3.8, 4) is 11.5 Å². The van der Waals surface area contributed by atoms with Crippen molar-refractivity contribution >= 4 is 38.8 Å². The zero-order valence-electron chi connectivity index (χ0n) is 19.3. The average molecular weight is 484 g/mol. The van der Waals surface area contributed by atoms with E-state index in [9.17, 15) is 14.0 Å². The molecule has 0 bridgehead atoms. The number of likely N-dealkylation sites (N-methyl/N-ethyl adjacent to an activating group) is 1. The summed E-state index contributed by atoms with van der Waals surface area (Å²) in [4.78, 5) is 28.3. The van der Waals surface area contributed by atoms with Gasteiger partial charge >= 0.3 is 0 Å². The molecule has 2 heterocycles. The number of carbonyl (C=O) groups is 2. The van der Waals surface area contributed by atoms with Crippen molar-refractivity contribution in [1.82, 2.24) is 10.3 Å². The number of hydrazone groups is 1. The number of halogens is 1. The Morgan fingerprint density at radius 2 is 1.91 bits per heavy atom. The van der Waals surface area contributed by atoms with Gasteiger partial charge in [-0.25, -0.2) is 9.82 Å². The van der Waals surface area contributed by atoms with E-state index in [0.29, 0.717) is 34.0 Å². The van der Waals surface area contributed by atoms with Gasteiger partial charge in [0.1, 0.15) is 5.82 Å². The number of methoxy groups -OCH3 is 2. The highest BCUT2D eigenvalue weighted by molar-refractivity contribution is 7.19. The molecule has 0 atom stereocenters. The zero-order chi connectivity index (χ0) is 24.2. The number of carbonyl (C=O) groups excluding carboxylic acids is 2. The molecule has 9 heteroatoms. The van der Waals surface area contributed by atoms with E-state index in [-0.39, 0.29) is 30.3 Å². The highest BCUT2D eigenvalue weighted by Gasteiger charge is 2.26. The van der Waals surface area contributed by atoms with Crippen LogP contribution in [0.5, 0.6) is 11.5 Å². The number of thiophene rings is 1. The summed E-state index contributed by atoms with van der Waals surface area (Å²) >= 11 is 1.43. The molecule has 0 radical (unpaired) electrons. The molecule has 1 amide bonds. The summed E-state index contributed by atoms with van der Waals surface area (Å²) in [6.45, 7) is 4.13. The Balaban J connectivity index is 1.46. The van der Waals surface area contributed by atoms with Gasteiger partial charge in [0.05, 0.1) is 24.6 Å². The number of ether oxygens (including phenoxy) is 2. The predicted molar refractivity (Wildman–Crippen MR) is 131 cm³/mol. The largest absolute Gasteiger partial charge is 0.493 e. The van der Waals surface area contributed by atoms with Gasteiger partial charge in [-0.05, 0) is 30.8 Å². The van der Waals surface area contributed by atoms with E-state index in [1.54, 1.807) is 24.3 Å². The van der Waals surface area contributed by atoms with Crippen molar-refractivity contribution in [2.45, 2.75) is 26.3 Å². The van der Waals surface area contributed by atoms with Gasteiger partial charge in [0.15, 0.2) is 17.3 Å². The van der Waals surface area contributed by atoms with E-state index in [4.69, 9.17) is 9.47 Å². The molecule has 0 saturated heterocycles. The molecule has 2 aromatic carbocycles. The first-order chi connectivity index (χ1) is 16.4. The Morgan fingerprint density at radius 1 is 1.12 bits per heavy atom. The van der Waals surface area contributed by atoms with Crippen LogP contribution < -0.4 is 14.9 Å². The minimum Gasteiger partial charge on any atom is -0.493 e. The van der Waals surface area contributed by atoms with Crippen LogP contribution in [0.4, 0.5) is 4.39 Å². The molecule has 1 aliphatic heterocycles. The maximum atomic E-state index is 14.3. The molecule has 4 rings (SSSR count).